The summed E-state index contributed by atoms with van der Waals surface area (Å²) in [4.78, 5) is 26.4. The average Bonchev–Trinajstić information content (AvgIpc) is 3.20. The minimum absolute atomic E-state index is 0.165. The Morgan fingerprint density at radius 2 is 0.662 bits per heavy atom. The van der Waals surface area contributed by atoms with Crippen molar-refractivity contribution in [1.29, 1.82) is 0 Å². The number of rotatable bonds is 4. The van der Waals surface area contributed by atoms with Crippen LogP contribution in [0, 0.1) is 0 Å². The van der Waals surface area contributed by atoms with Gasteiger partial charge in [-0.3, -0.25) is 20.0 Å². The first-order chi connectivity index (χ1) is 31.2. The number of aromatic nitrogens is 2. The minimum atomic E-state index is -10.7. The van der Waals surface area contributed by atoms with Crippen LogP contribution in [0.3, 0.4) is 0 Å². The quantitative estimate of drug-likeness (QED) is 0.162. The van der Waals surface area contributed by atoms with Crippen LogP contribution >= 0.6 is 7.81 Å². The van der Waals surface area contributed by atoms with E-state index in [0.29, 0.717) is 52.6 Å². The fourth-order valence-corrected chi connectivity index (χ4v) is 6.29. The van der Waals surface area contributed by atoms with Gasteiger partial charge in [-0.1, -0.05) is 107 Å². The van der Waals surface area contributed by atoms with Gasteiger partial charge in [0.15, 0.2) is 0 Å². The molecule has 2 N–H and O–H groups in total. The molecule has 0 unspecified atom stereocenters. The standard InChI is InChI=1S/C30H47N.C22H26N6O2.F6P/c1-27(2,3)23-13-21(14-24(17-23)28(4,5)6)19-31-20-22-15-25(29(7,8)9)18-26(16-22)30(10,11)12;1-3-19-15-23-7-11-29-13-9-25-17-21-5-2-6-22(28-21)18-26-10-14-30-12-8-24-16-20(4-1)27-19;1-7(2,3,4,5)6/h13-18,31H,19-20H2,1-12H3;1-6,15-18H,7-14H2;/q;;-1/p+1. The summed E-state index contributed by atoms with van der Waals surface area (Å²) in [6, 6.07) is 26.0. The maximum atomic E-state index is 9.87. The number of fused-ring (bicyclic) bond motifs is 4. The van der Waals surface area contributed by atoms with E-state index in [9.17, 15) is 25.2 Å². The van der Waals surface area contributed by atoms with Crippen LogP contribution < -0.4 is 5.32 Å². The fourth-order valence-electron chi connectivity index (χ4n) is 6.29. The van der Waals surface area contributed by atoms with Crippen molar-refractivity contribution in [2.45, 2.75) is 118 Å². The van der Waals surface area contributed by atoms with E-state index in [1.54, 1.807) is 24.9 Å². The van der Waals surface area contributed by atoms with Crippen LogP contribution in [0.15, 0.2) is 92.8 Å². The first kappa shape index (κ1) is 57.6. The third-order valence-corrected chi connectivity index (χ3v) is 10.1. The number of pyridine rings is 2. The van der Waals surface area contributed by atoms with Crippen LogP contribution in [0.1, 0.15) is 139 Å². The zero-order chi connectivity index (χ0) is 50.9. The van der Waals surface area contributed by atoms with Crippen molar-refractivity contribution in [3.05, 3.63) is 129 Å². The van der Waals surface area contributed by atoms with E-state index in [1.807, 2.05) is 36.4 Å². The van der Waals surface area contributed by atoms with E-state index < -0.39 is 7.81 Å². The molecule has 2 aromatic carbocycles. The molecule has 0 fully saturated rings. The summed E-state index contributed by atoms with van der Waals surface area (Å²) in [5, 5.41) is 2.46. The van der Waals surface area contributed by atoms with Crippen molar-refractivity contribution in [1.82, 2.24) is 9.97 Å². The Hall–Kier alpha value is -4.69. The normalized spacial score (nSPS) is 16.0. The van der Waals surface area contributed by atoms with Crippen molar-refractivity contribution < 1.29 is 40.0 Å². The molecule has 16 heteroatoms. The number of nitrogens with two attached hydrogens (primary N) is 1. The second-order valence-electron chi connectivity index (χ2n) is 20.8. The summed E-state index contributed by atoms with van der Waals surface area (Å²) < 4.78 is 70.3. The second-order valence-corrected chi connectivity index (χ2v) is 22.7. The van der Waals surface area contributed by atoms with Crippen LogP contribution in [0.5, 0.6) is 0 Å². The molecule has 0 saturated heterocycles. The Labute approximate surface area is 400 Å². The first-order valence-corrected chi connectivity index (χ1v) is 25.0. The number of hydrogen-bond donors (Lipinski definition) is 1. The summed E-state index contributed by atoms with van der Waals surface area (Å²) in [5.74, 6) is 0. The molecule has 1 aliphatic rings. The van der Waals surface area contributed by atoms with Gasteiger partial charge in [0.1, 0.15) is 13.1 Å². The zero-order valence-corrected chi connectivity index (χ0v) is 43.0. The van der Waals surface area contributed by atoms with E-state index in [2.05, 4.69) is 155 Å². The van der Waals surface area contributed by atoms with E-state index in [-0.39, 0.29) is 21.7 Å². The summed E-state index contributed by atoms with van der Waals surface area (Å²) in [7, 11) is -10.7. The molecule has 0 radical (unpaired) electrons. The number of ether oxygens (including phenoxy) is 2. The van der Waals surface area contributed by atoms with Crippen LogP contribution in [-0.4, -0.2) is 87.4 Å². The van der Waals surface area contributed by atoms with E-state index >= 15 is 0 Å². The molecule has 3 heterocycles. The van der Waals surface area contributed by atoms with Gasteiger partial charge in [0.2, 0.25) is 0 Å². The van der Waals surface area contributed by atoms with Gasteiger partial charge in [0.25, 0.3) is 0 Å². The van der Waals surface area contributed by atoms with Gasteiger partial charge >= 0.3 is 33.0 Å². The zero-order valence-electron chi connectivity index (χ0n) is 42.1. The van der Waals surface area contributed by atoms with E-state index in [1.165, 1.54) is 33.4 Å². The summed E-state index contributed by atoms with van der Waals surface area (Å²) >= 11 is 0. The second kappa shape index (κ2) is 23.7. The molecule has 4 aromatic rings. The number of aliphatic imine (C=N–C) groups is 4. The predicted octanol–water partition coefficient (Wildman–Crippen LogP) is 12.4. The molecule has 0 aliphatic carbocycles. The Morgan fingerprint density at radius 1 is 0.426 bits per heavy atom. The van der Waals surface area contributed by atoms with Crippen molar-refractivity contribution in [2.24, 2.45) is 20.0 Å². The number of hydrogen-bond acceptors (Lipinski definition) is 8. The summed E-state index contributed by atoms with van der Waals surface area (Å²) in [6.07, 6.45) is 7.00. The van der Waals surface area contributed by atoms with Crippen LogP contribution in [0.2, 0.25) is 0 Å². The molecule has 0 amide bonds. The summed E-state index contributed by atoms with van der Waals surface area (Å²) in [5.41, 5.74) is 12.4. The maximum absolute atomic E-state index is 10.7. The Bertz CT molecular complexity index is 2050. The van der Waals surface area contributed by atoms with Crippen molar-refractivity contribution in [3.63, 3.8) is 0 Å². The molecule has 0 atom stereocenters. The van der Waals surface area contributed by atoms with Gasteiger partial charge in [-0.05, 0) is 92.4 Å². The van der Waals surface area contributed by atoms with Crippen LogP contribution in [0.25, 0.3) is 0 Å². The third-order valence-electron chi connectivity index (χ3n) is 10.1. The molecule has 0 spiro atoms. The van der Waals surface area contributed by atoms with Crippen LogP contribution in [-0.2, 0) is 44.2 Å². The Balaban J connectivity index is 0.000000316. The first-order valence-electron chi connectivity index (χ1n) is 23.0. The molecular weight excluding hydrogens is 900 g/mol. The number of nitrogens with zero attached hydrogens (tertiary/aromatic N) is 6. The van der Waals surface area contributed by atoms with Crippen LogP contribution in [0.4, 0.5) is 25.2 Å². The van der Waals surface area contributed by atoms with Crippen molar-refractivity contribution in [2.75, 3.05) is 52.6 Å². The Morgan fingerprint density at radius 3 is 0.882 bits per heavy atom. The monoisotopic (exact) mass is 974 g/mol. The number of benzene rings is 2. The van der Waals surface area contributed by atoms with Gasteiger partial charge in [0.05, 0.1) is 75.4 Å². The fraction of sp³-hybridized carbons (Fsp3) is 0.500. The topological polar surface area (TPSA) is 110 Å². The molecule has 376 valence electrons. The molecule has 0 saturated carbocycles. The molecule has 1 aliphatic heterocycles. The summed E-state index contributed by atoms with van der Waals surface area (Å²) in [6.45, 7) is 34.2. The SMILES string of the molecule is C1=NCCOCCN=Cc2cccc(n2)C=NCCOCCN=Cc2cccc1n2.CC(C)(C)c1cc(C[NH2+]Cc2cc(C(C)(C)C)cc(C(C)(C)C)c2)cc(C(C)(C)C)c1.F[P-](F)(F)(F)(F)F. The third kappa shape index (κ3) is 25.6. The predicted molar refractivity (Wildman–Crippen MR) is 271 cm³/mol. The van der Waals surface area contributed by atoms with Gasteiger partial charge in [0, 0.05) is 36.0 Å². The molecule has 9 nitrogen and oxygen atoms in total. The molecule has 68 heavy (non-hydrogen) atoms. The van der Waals surface area contributed by atoms with E-state index in [0.717, 1.165) is 35.9 Å². The molecule has 5 rings (SSSR count). The van der Waals surface area contributed by atoms with Gasteiger partial charge in [-0.25, -0.2) is 9.97 Å². The van der Waals surface area contributed by atoms with Crippen molar-refractivity contribution >= 4 is 32.7 Å². The molecular formula is C52H74F6N7O2P. The van der Waals surface area contributed by atoms with Gasteiger partial charge < -0.3 is 14.8 Å². The van der Waals surface area contributed by atoms with Gasteiger partial charge in [-0.15, -0.1) is 0 Å². The molecule has 4 bridgehead atoms. The van der Waals surface area contributed by atoms with Gasteiger partial charge in [-0.2, -0.15) is 0 Å². The average molecular weight is 974 g/mol. The Kier molecular flexibility index (Phi) is 20.1. The number of quaternary nitrogens is 1. The number of halogens is 6. The van der Waals surface area contributed by atoms with Crippen molar-refractivity contribution in [3.8, 4) is 0 Å². The molecule has 2 aromatic heterocycles. The van der Waals surface area contributed by atoms with E-state index in [4.69, 9.17) is 9.47 Å².